The standard InChI is InChI=1S/C13H17F2N3O2/c14-9-2-1-3-10(15)8(9)6-17-13(20)18-11-7-16-5-4-12(11)19/h1-3,11-12,16,19H,4-7H2,(H2,17,18,20)/t11-,12+/m0/s1. The zero-order valence-electron chi connectivity index (χ0n) is 10.8. The van der Waals surface area contributed by atoms with E-state index in [1.54, 1.807) is 0 Å². The van der Waals surface area contributed by atoms with Crippen LogP contribution in [-0.2, 0) is 6.54 Å². The highest BCUT2D eigenvalue weighted by molar-refractivity contribution is 5.74. The average molecular weight is 285 g/mol. The fourth-order valence-corrected chi connectivity index (χ4v) is 2.08. The van der Waals surface area contributed by atoms with Crippen LogP contribution in [0, 0.1) is 11.6 Å². The van der Waals surface area contributed by atoms with Gasteiger partial charge in [0.2, 0.25) is 0 Å². The highest BCUT2D eigenvalue weighted by atomic mass is 19.1. The van der Waals surface area contributed by atoms with Crippen LogP contribution in [0.3, 0.4) is 0 Å². The molecule has 2 atom stereocenters. The molecule has 1 aromatic rings. The number of nitrogens with one attached hydrogen (secondary N) is 3. The topological polar surface area (TPSA) is 73.4 Å². The number of hydrogen-bond acceptors (Lipinski definition) is 3. The zero-order chi connectivity index (χ0) is 14.5. The fraction of sp³-hybridized carbons (Fsp3) is 0.462. The molecule has 20 heavy (non-hydrogen) atoms. The summed E-state index contributed by atoms with van der Waals surface area (Å²) in [7, 11) is 0. The molecule has 1 fully saturated rings. The molecule has 1 aromatic carbocycles. The van der Waals surface area contributed by atoms with Crippen LogP contribution in [0.1, 0.15) is 12.0 Å². The number of halogens is 2. The van der Waals surface area contributed by atoms with Gasteiger partial charge >= 0.3 is 6.03 Å². The molecule has 0 unspecified atom stereocenters. The first kappa shape index (κ1) is 14.7. The second kappa shape index (κ2) is 6.62. The number of amides is 2. The Hall–Kier alpha value is -1.73. The van der Waals surface area contributed by atoms with Gasteiger partial charge in [0.05, 0.1) is 18.7 Å². The van der Waals surface area contributed by atoms with E-state index in [9.17, 15) is 18.7 Å². The van der Waals surface area contributed by atoms with Crippen LogP contribution in [0.25, 0.3) is 0 Å². The highest BCUT2D eigenvalue weighted by Gasteiger charge is 2.24. The first-order valence-corrected chi connectivity index (χ1v) is 6.44. The Morgan fingerprint density at radius 2 is 2.10 bits per heavy atom. The molecule has 4 N–H and O–H groups in total. The number of carbonyl (C=O) groups is 1. The Morgan fingerprint density at radius 3 is 2.75 bits per heavy atom. The number of benzene rings is 1. The van der Waals surface area contributed by atoms with Gasteiger partial charge in [-0.1, -0.05) is 6.07 Å². The lowest BCUT2D eigenvalue weighted by Crippen LogP contribution is -2.55. The summed E-state index contributed by atoms with van der Waals surface area (Å²) < 4.78 is 26.7. The third-order valence-corrected chi connectivity index (χ3v) is 3.25. The molecule has 0 aromatic heterocycles. The van der Waals surface area contributed by atoms with Gasteiger partial charge in [0, 0.05) is 12.1 Å². The molecule has 5 nitrogen and oxygen atoms in total. The summed E-state index contributed by atoms with van der Waals surface area (Å²) in [5, 5.41) is 17.7. The molecule has 2 rings (SSSR count). The molecular weight excluding hydrogens is 268 g/mol. The normalized spacial score (nSPS) is 22.4. The molecule has 7 heteroatoms. The van der Waals surface area contributed by atoms with Crippen molar-refractivity contribution in [1.82, 2.24) is 16.0 Å². The van der Waals surface area contributed by atoms with E-state index in [-0.39, 0.29) is 12.1 Å². The Kier molecular flexibility index (Phi) is 4.86. The van der Waals surface area contributed by atoms with Crippen molar-refractivity contribution in [2.75, 3.05) is 13.1 Å². The summed E-state index contributed by atoms with van der Waals surface area (Å²) in [6.45, 7) is 0.907. The Labute approximate surface area is 115 Å². The zero-order valence-corrected chi connectivity index (χ0v) is 10.8. The van der Waals surface area contributed by atoms with E-state index in [4.69, 9.17) is 0 Å². The van der Waals surface area contributed by atoms with E-state index in [0.717, 1.165) is 12.1 Å². The van der Waals surface area contributed by atoms with Crippen molar-refractivity contribution in [1.29, 1.82) is 0 Å². The molecule has 0 bridgehead atoms. The van der Waals surface area contributed by atoms with Crippen molar-refractivity contribution in [2.24, 2.45) is 0 Å². The number of carbonyl (C=O) groups excluding carboxylic acids is 1. The number of aliphatic hydroxyl groups is 1. The number of piperidine rings is 1. The predicted octanol–water partition coefficient (Wildman–Crippen LogP) is 0.487. The first-order chi connectivity index (χ1) is 9.58. The van der Waals surface area contributed by atoms with Gasteiger partial charge in [-0.2, -0.15) is 0 Å². The number of urea groups is 1. The van der Waals surface area contributed by atoms with Gasteiger partial charge < -0.3 is 21.1 Å². The maximum Gasteiger partial charge on any atom is 0.315 e. The minimum atomic E-state index is -0.704. The molecule has 1 saturated heterocycles. The lowest BCUT2D eigenvalue weighted by molar-refractivity contribution is 0.102. The number of aliphatic hydroxyl groups excluding tert-OH is 1. The molecule has 0 aliphatic carbocycles. The van der Waals surface area contributed by atoms with Crippen molar-refractivity contribution >= 4 is 6.03 Å². The van der Waals surface area contributed by atoms with Crippen LogP contribution in [-0.4, -0.2) is 36.4 Å². The largest absolute Gasteiger partial charge is 0.391 e. The molecule has 0 radical (unpaired) electrons. The van der Waals surface area contributed by atoms with E-state index < -0.39 is 29.8 Å². The van der Waals surface area contributed by atoms with Gasteiger partial charge in [0.1, 0.15) is 11.6 Å². The van der Waals surface area contributed by atoms with Crippen molar-refractivity contribution in [2.45, 2.75) is 25.1 Å². The van der Waals surface area contributed by atoms with Gasteiger partial charge in [-0.25, -0.2) is 13.6 Å². The first-order valence-electron chi connectivity index (χ1n) is 6.44. The van der Waals surface area contributed by atoms with E-state index in [2.05, 4.69) is 16.0 Å². The lowest BCUT2D eigenvalue weighted by atomic mass is 10.0. The molecule has 2 amide bonds. The van der Waals surface area contributed by atoms with Crippen molar-refractivity contribution in [3.8, 4) is 0 Å². The molecule has 0 saturated carbocycles. The quantitative estimate of drug-likeness (QED) is 0.653. The SMILES string of the molecule is O=C(NCc1c(F)cccc1F)N[C@H]1CNCC[C@H]1O. The average Bonchev–Trinajstić information content (AvgIpc) is 2.41. The third-order valence-electron chi connectivity index (χ3n) is 3.25. The van der Waals surface area contributed by atoms with E-state index in [1.165, 1.54) is 6.07 Å². The van der Waals surface area contributed by atoms with Crippen molar-refractivity contribution in [3.63, 3.8) is 0 Å². The number of hydrogen-bond donors (Lipinski definition) is 4. The van der Waals surface area contributed by atoms with Gasteiger partial charge in [0.25, 0.3) is 0 Å². The summed E-state index contributed by atoms with van der Waals surface area (Å²) in [6, 6.07) is 2.55. The summed E-state index contributed by atoms with van der Waals surface area (Å²) in [5.41, 5.74) is -0.190. The van der Waals surface area contributed by atoms with Gasteiger partial charge in [-0.3, -0.25) is 0 Å². The van der Waals surface area contributed by atoms with E-state index >= 15 is 0 Å². The van der Waals surface area contributed by atoms with Gasteiger partial charge in [-0.05, 0) is 25.1 Å². The predicted molar refractivity (Wildman–Crippen MR) is 69.0 cm³/mol. The van der Waals surface area contributed by atoms with Crippen LogP contribution in [0.4, 0.5) is 13.6 Å². The van der Waals surface area contributed by atoms with E-state index in [1.807, 2.05) is 0 Å². The molecular formula is C13H17F2N3O2. The lowest BCUT2D eigenvalue weighted by Gasteiger charge is -2.29. The van der Waals surface area contributed by atoms with Crippen LogP contribution in [0.2, 0.25) is 0 Å². The van der Waals surface area contributed by atoms with Crippen LogP contribution in [0.15, 0.2) is 18.2 Å². The summed E-state index contributed by atoms with van der Waals surface area (Å²) in [4.78, 5) is 11.6. The molecule has 1 heterocycles. The Bertz CT molecular complexity index is 464. The van der Waals surface area contributed by atoms with E-state index in [0.29, 0.717) is 19.5 Å². The van der Waals surface area contributed by atoms with Crippen LogP contribution >= 0.6 is 0 Å². The van der Waals surface area contributed by atoms with Crippen LogP contribution < -0.4 is 16.0 Å². The minimum absolute atomic E-state index is 0.190. The van der Waals surface area contributed by atoms with Crippen molar-refractivity contribution in [3.05, 3.63) is 35.4 Å². The van der Waals surface area contributed by atoms with Crippen LogP contribution in [0.5, 0.6) is 0 Å². The second-order valence-corrected chi connectivity index (χ2v) is 4.69. The van der Waals surface area contributed by atoms with Crippen molar-refractivity contribution < 1.29 is 18.7 Å². The second-order valence-electron chi connectivity index (χ2n) is 4.69. The van der Waals surface area contributed by atoms with Gasteiger partial charge in [0.15, 0.2) is 0 Å². The summed E-state index contributed by atoms with van der Waals surface area (Å²) in [5.74, 6) is -1.41. The highest BCUT2D eigenvalue weighted by Crippen LogP contribution is 2.11. The Balaban J connectivity index is 1.86. The molecule has 0 spiro atoms. The minimum Gasteiger partial charge on any atom is -0.391 e. The molecule has 1 aliphatic heterocycles. The molecule has 110 valence electrons. The summed E-state index contributed by atoms with van der Waals surface area (Å²) in [6.07, 6.45) is -0.0698. The maximum absolute atomic E-state index is 13.4. The monoisotopic (exact) mass is 285 g/mol. The smallest absolute Gasteiger partial charge is 0.315 e. The maximum atomic E-state index is 13.4. The summed E-state index contributed by atoms with van der Waals surface area (Å²) >= 11 is 0. The van der Waals surface area contributed by atoms with Gasteiger partial charge in [-0.15, -0.1) is 0 Å². The fourth-order valence-electron chi connectivity index (χ4n) is 2.08. The molecule has 1 aliphatic rings. The number of rotatable bonds is 3. The Morgan fingerprint density at radius 1 is 1.40 bits per heavy atom. The third kappa shape index (κ3) is 3.64.